The van der Waals surface area contributed by atoms with E-state index < -0.39 is 10.0 Å². The number of rotatable bonds is 7. The molecule has 0 aliphatic heterocycles. The van der Waals surface area contributed by atoms with Crippen molar-refractivity contribution in [1.82, 2.24) is 4.72 Å². The number of halogens is 3. The van der Waals surface area contributed by atoms with Gasteiger partial charge in [-0.05, 0) is 24.1 Å². The van der Waals surface area contributed by atoms with Crippen molar-refractivity contribution in [3.8, 4) is 0 Å². The molecule has 1 N–H and O–H groups in total. The molecule has 0 aliphatic carbocycles. The van der Waals surface area contributed by atoms with E-state index >= 15 is 0 Å². The van der Waals surface area contributed by atoms with Crippen molar-refractivity contribution in [3.05, 3.63) is 27.7 Å². The van der Waals surface area contributed by atoms with E-state index in [2.05, 4.69) is 20.7 Å². The van der Waals surface area contributed by atoms with Gasteiger partial charge in [0.25, 0.3) is 0 Å². The van der Waals surface area contributed by atoms with Crippen LogP contribution in [0, 0.1) is 5.92 Å². The fraction of sp³-hybridized carbons (Fsp3) is 0.538. The van der Waals surface area contributed by atoms with Crippen LogP contribution in [0.5, 0.6) is 0 Å². The monoisotopic (exact) mass is 401 g/mol. The molecule has 0 aliphatic rings. The highest BCUT2D eigenvalue weighted by atomic mass is 79.9. The van der Waals surface area contributed by atoms with Crippen LogP contribution in [-0.4, -0.2) is 20.3 Å². The predicted octanol–water partition coefficient (Wildman–Crippen LogP) is 4.42. The number of alkyl halides is 1. The highest BCUT2D eigenvalue weighted by Gasteiger charge is 2.22. The summed E-state index contributed by atoms with van der Waals surface area (Å²) in [4.78, 5) is 0.0655. The molecule has 1 rings (SSSR count). The van der Waals surface area contributed by atoms with Gasteiger partial charge in [0.15, 0.2) is 0 Å². The van der Waals surface area contributed by atoms with Crippen LogP contribution < -0.4 is 4.72 Å². The van der Waals surface area contributed by atoms with Crippen LogP contribution in [0.1, 0.15) is 26.7 Å². The molecule has 0 saturated heterocycles. The standard InChI is InChI=1S/C13H18BrCl2NO2S/c1-3-9(4-2)12(16)8-17-20(18,19)13-6-5-10(14)7-11(13)15/h5-7,9,12,17H,3-4,8H2,1-2H3. The lowest BCUT2D eigenvalue weighted by Gasteiger charge is -2.19. The van der Waals surface area contributed by atoms with Crippen molar-refractivity contribution in [2.24, 2.45) is 5.92 Å². The van der Waals surface area contributed by atoms with Crippen LogP contribution in [0.4, 0.5) is 0 Å². The summed E-state index contributed by atoms with van der Waals surface area (Å²) in [6.07, 6.45) is 1.84. The van der Waals surface area contributed by atoms with Gasteiger partial charge in [-0.25, -0.2) is 13.1 Å². The fourth-order valence-electron chi connectivity index (χ4n) is 1.93. The van der Waals surface area contributed by atoms with Crippen molar-refractivity contribution in [2.75, 3.05) is 6.54 Å². The summed E-state index contributed by atoms with van der Waals surface area (Å²) in [5.41, 5.74) is 0. The van der Waals surface area contributed by atoms with Crippen molar-refractivity contribution < 1.29 is 8.42 Å². The molecule has 0 saturated carbocycles. The first-order chi connectivity index (χ1) is 9.31. The minimum Gasteiger partial charge on any atom is -0.210 e. The summed E-state index contributed by atoms with van der Waals surface area (Å²) >= 11 is 15.4. The zero-order valence-electron chi connectivity index (χ0n) is 11.4. The van der Waals surface area contributed by atoms with Gasteiger partial charge in [-0.2, -0.15) is 0 Å². The molecule has 0 spiro atoms. The first-order valence-corrected chi connectivity index (χ1v) is 9.49. The molecule has 0 amide bonds. The summed E-state index contributed by atoms with van der Waals surface area (Å²) in [7, 11) is -3.64. The Morgan fingerprint density at radius 2 is 1.90 bits per heavy atom. The van der Waals surface area contributed by atoms with E-state index in [1.165, 1.54) is 6.07 Å². The Morgan fingerprint density at radius 1 is 1.30 bits per heavy atom. The smallest absolute Gasteiger partial charge is 0.210 e. The third-order valence-electron chi connectivity index (χ3n) is 3.21. The van der Waals surface area contributed by atoms with Crippen LogP contribution in [0.25, 0.3) is 0 Å². The largest absolute Gasteiger partial charge is 0.242 e. The lowest BCUT2D eigenvalue weighted by Crippen LogP contribution is -2.33. The number of hydrogen-bond donors (Lipinski definition) is 1. The maximum Gasteiger partial charge on any atom is 0.242 e. The quantitative estimate of drug-likeness (QED) is 0.686. The van der Waals surface area contributed by atoms with Gasteiger partial charge >= 0.3 is 0 Å². The van der Waals surface area contributed by atoms with Gasteiger partial charge in [0, 0.05) is 16.4 Å². The molecule has 0 bridgehead atoms. The fourth-order valence-corrected chi connectivity index (χ4v) is 4.55. The summed E-state index contributed by atoms with van der Waals surface area (Å²) in [6.45, 7) is 4.29. The van der Waals surface area contributed by atoms with Crippen molar-refractivity contribution >= 4 is 49.2 Å². The molecule has 1 unspecified atom stereocenters. The second-order valence-corrected chi connectivity index (χ2v) is 8.14. The Labute approximate surface area is 139 Å². The maximum absolute atomic E-state index is 12.2. The van der Waals surface area contributed by atoms with Crippen molar-refractivity contribution in [1.29, 1.82) is 0 Å². The Hall–Kier alpha value is 0.190. The predicted molar refractivity (Wildman–Crippen MR) is 88.1 cm³/mol. The third kappa shape index (κ3) is 4.88. The minimum absolute atomic E-state index is 0.0655. The van der Waals surface area contributed by atoms with Crippen LogP contribution in [0.2, 0.25) is 5.02 Å². The maximum atomic E-state index is 12.2. The van der Waals surface area contributed by atoms with Gasteiger partial charge in [-0.1, -0.05) is 54.2 Å². The average molecular weight is 403 g/mol. The number of nitrogens with one attached hydrogen (secondary N) is 1. The van der Waals surface area contributed by atoms with Gasteiger partial charge in [-0.3, -0.25) is 0 Å². The zero-order chi connectivity index (χ0) is 15.3. The number of hydrogen-bond acceptors (Lipinski definition) is 2. The van der Waals surface area contributed by atoms with Gasteiger partial charge in [-0.15, -0.1) is 11.6 Å². The van der Waals surface area contributed by atoms with Crippen molar-refractivity contribution in [3.63, 3.8) is 0 Å². The lowest BCUT2D eigenvalue weighted by molar-refractivity contribution is 0.460. The van der Waals surface area contributed by atoms with Crippen LogP contribution in [-0.2, 0) is 10.0 Å². The second kappa shape index (κ2) is 7.99. The van der Waals surface area contributed by atoms with Gasteiger partial charge in [0.1, 0.15) is 4.90 Å². The first-order valence-electron chi connectivity index (χ1n) is 6.40. The Kier molecular flexibility index (Phi) is 7.29. The highest BCUT2D eigenvalue weighted by Crippen LogP contribution is 2.25. The molecule has 1 aromatic carbocycles. The average Bonchev–Trinajstić information content (AvgIpc) is 2.37. The van der Waals surface area contributed by atoms with Gasteiger partial charge in [0.2, 0.25) is 10.0 Å². The SMILES string of the molecule is CCC(CC)C(Cl)CNS(=O)(=O)c1ccc(Br)cc1Cl. The normalized spacial score (nSPS) is 13.7. The Morgan fingerprint density at radius 3 is 2.40 bits per heavy atom. The second-order valence-electron chi connectivity index (χ2n) is 4.52. The molecule has 3 nitrogen and oxygen atoms in total. The molecule has 1 aromatic rings. The molecule has 1 atom stereocenters. The molecule has 0 fully saturated rings. The van der Waals surface area contributed by atoms with Crippen LogP contribution >= 0.6 is 39.1 Å². The van der Waals surface area contributed by atoms with E-state index in [0.29, 0.717) is 5.92 Å². The number of benzene rings is 1. The van der Waals surface area contributed by atoms with Gasteiger partial charge < -0.3 is 0 Å². The molecule has 7 heteroatoms. The Bertz CT molecular complexity index is 547. The van der Waals surface area contributed by atoms with E-state index in [1.807, 2.05) is 13.8 Å². The van der Waals surface area contributed by atoms with Crippen molar-refractivity contribution in [2.45, 2.75) is 37.0 Å². The summed E-state index contributed by atoms with van der Waals surface area (Å²) < 4.78 is 27.7. The van der Waals surface area contributed by atoms with E-state index in [1.54, 1.807) is 12.1 Å². The Balaban J connectivity index is 2.80. The molecule has 0 radical (unpaired) electrons. The van der Waals surface area contributed by atoms with E-state index in [0.717, 1.165) is 17.3 Å². The summed E-state index contributed by atoms with van der Waals surface area (Å²) in [6, 6.07) is 4.66. The third-order valence-corrected chi connectivity index (χ3v) is 6.12. The molecule has 20 heavy (non-hydrogen) atoms. The lowest BCUT2D eigenvalue weighted by atomic mass is 9.99. The molecule has 114 valence electrons. The number of sulfonamides is 1. The molecule has 0 heterocycles. The van der Waals surface area contributed by atoms with Crippen LogP contribution in [0.3, 0.4) is 0 Å². The topological polar surface area (TPSA) is 46.2 Å². The van der Waals surface area contributed by atoms with E-state index in [4.69, 9.17) is 23.2 Å². The summed E-state index contributed by atoms with van der Waals surface area (Å²) in [5, 5.41) is -0.0467. The highest BCUT2D eigenvalue weighted by molar-refractivity contribution is 9.10. The molecule has 0 aromatic heterocycles. The minimum atomic E-state index is -3.64. The first kappa shape index (κ1) is 18.2. The van der Waals surface area contributed by atoms with E-state index in [-0.39, 0.29) is 21.8 Å². The molecular formula is C13H18BrCl2NO2S. The zero-order valence-corrected chi connectivity index (χ0v) is 15.3. The van der Waals surface area contributed by atoms with E-state index in [9.17, 15) is 8.42 Å². The molecular weight excluding hydrogens is 385 g/mol. The summed E-state index contributed by atoms with van der Waals surface area (Å²) in [5.74, 6) is 0.291. The van der Waals surface area contributed by atoms with Crippen LogP contribution in [0.15, 0.2) is 27.6 Å². The van der Waals surface area contributed by atoms with Gasteiger partial charge in [0.05, 0.1) is 5.02 Å².